The summed E-state index contributed by atoms with van der Waals surface area (Å²) in [6.45, 7) is 0.422. The third-order valence-corrected chi connectivity index (χ3v) is 3.27. The summed E-state index contributed by atoms with van der Waals surface area (Å²) in [5, 5.41) is 2.79. The molecule has 1 aromatic rings. The van der Waals surface area contributed by atoms with Gasteiger partial charge < -0.3 is 10.1 Å². The maximum Gasteiger partial charge on any atom is 0.233 e. The van der Waals surface area contributed by atoms with Gasteiger partial charge in [0.1, 0.15) is 5.75 Å². The average molecular weight is 244 g/mol. The molecule has 0 spiro atoms. The molecular formula is C10H16N2O3S. The maximum atomic E-state index is 11.5. The van der Waals surface area contributed by atoms with E-state index < -0.39 is 10.0 Å². The number of benzene rings is 1. The Balaban J connectivity index is 2.65. The molecule has 1 aromatic carbocycles. The second kappa shape index (κ2) is 5.72. The van der Waals surface area contributed by atoms with Crippen LogP contribution in [0.15, 0.2) is 24.3 Å². The van der Waals surface area contributed by atoms with E-state index in [0.29, 0.717) is 18.0 Å². The maximum absolute atomic E-state index is 11.5. The Morgan fingerprint density at radius 3 is 2.38 bits per heavy atom. The lowest BCUT2D eigenvalue weighted by molar-refractivity contribution is 0.415. The van der Waals surface area contributed by atoms with Gasteiger partial charge in [-0.05, 0) is 31.3 Å². The van der Waals surface area contributed by atoms with Crippen LogP contribution in [0.3, 0.4) is 0 Å². The van der Waals surface area contributed by atoms with Crippen LogP contribution in [-0.4, -0.2) is 34.9 Å². The highest BCUT2D eigenvalue weighted by molar-refractivity contribution is 7.92. The van der Waals surface area contributed by atoms with Crippen molar-refractivity contribution in [3.05, 3.63) is 24.3 Å². The molecule has 0 aromatic heterocycles. The third-order valence-electron chi connectivity index (χ3n) is 1.98. The summed E-state index contributed by atoms with van der Waals surface area (Å²) in [5.41, 5.74) is 0.539. The molecule has 0 unspecified atom stereocenters. The number of methoxy groups -OCH3 is 1. The number of ether oxygens (including phenoxy) is 1. The highest BCUT2D eigenvalue weighted by atomic mass is 32.2. The first kappa shape index (κ1) is 12.8. The van der Waals surface area contributed by atoms with Crippen LogP contribution in [0.4, 0.5) is 5.69 Å². The van der Waals surface area contributed by atoms with Gasteiger partial charge in [0.2, 0.25) is 10.0 Å². The Morgan fingerprint density at radius 2 is 1.88 bits per heavy atom. The summed E-state index contributed by atoms with van der Waals surface area (Å²) in [5.74, 6) is 0.744. The van der Waals surface area contributed by atoms with Crippen molar-refractivity contribution < 1.29 is 13.2 Å². The van der Waals surface area contributed by atoms with Gasteiger partial charge >= 0.3 is 0 Å². The van der Waals surface area contributed by atoms with Crippen LogP contribution in [0.2, 0.25) is 0 Å². The predicted molar refractivity (Wildman–Crippen MR) is 64.3 cm³/mol. The minimum Gasteiger partial charge on any atom is -0.497 e. The van der Waals surface area contributed by atoms with Crippen molar-refractivity contribution in [2.45, 2.75) is 0 Å². The number of hydrogen-bond donors (Lipinski definition) is 2. The fourth-order valence-electron chi connectivity index (χ4n) is 1.13. The molecule has 90 valence electrons. The first-order valence-electron chi connectivity index (χ1n) is 4.86. The second-order valence-corrected chi connectivity index (χ2v) is 5.09. The average Bonchev–Trinajstić information content (AvgIpc) is 2.27. The standard InChI is InChI=1S/C10H16N2O3S/c1-11-7-8-16(13,14)12-9-3-5-10(15-2)6-4-9/h3-6,11-12H,7-8H2,1-2H3. The van der Waals surface area contributed by atoms with Gasteiger partial charge in [-0.25, -0.2) is 8.42 Å². The second-order valence-electron chi connectivity index (χ2n) is 3.25. The molecular weight excluding hydrogens is 228 g/mol. The summed E-state index contributed by atoms with van der Waals surface area (Å²) in [6, 6.07) is 6.73. The molecule has 5 nitrogen and oxygen atoms in total. The molecule has 0 heterocycles. The largest absolute Gasteiger partial charge is 0.497 e. The lowest BCUT2D eigenvalue weighted by atomic mass is 10.3. The Kier molecular flexibility index (Phi) is 4.57. The molecule has 6 heteroatoms. The summed E-state index contributed by atoms with van der Waals surface area (Å²) >= 11 is 0. The number of rotatable bonds is 6. The Hall–Kier alpha value is -1.27. The molecule has 0 radical (unpaired) electrons. The highest BCUT2D eigenvalue weighted by Crippen LogP contribution is 2.15. The van der Waals surface area contributed by atoms with Crippen LogP contribution in [0, 0.1) is 0 Å². The van der Waals surface area contributed by atoms with E-state index in [4.69, 9.17) is 4.74 Å². The fraction of sp³-hybridized carbons (Fsp3) is 0.400. The zero-order valence-corrected chi connectivity index (χ0v) is 10.2. The summed E-state index contributed by atoms with van der Waals surface area (Å²) in [6.07, 6.45) is 0. The molecule has 0 aliphatic rings. The van der Waals surface area contributed by atoms with E-state index in [1.54, 1.807) is 38.4 Å². The molecule has 0 aliphatic carbocycles. The Labute approximate surface area is 95.9 Å². The molecule has 0 amide bonds. The first-order valence-corrected chi connectivity index (χ1v) is 6.52. The molecule has 0 fully saturated rings. The van der Waals surface area contributed by atoms with Gasteiger partial charge in [-0.3, -0.25) is 4.72 Å². The van der Waals surface area contributed by atoms with Crippen LogP contribution >= 0.6 is 0 Å². The van der Waals surface area contributed by atoms with Gasteiger partial charge in [-0.1, -0.05) is 0 Å². The predicted octanol–water partition coefficient (Wildman–Crippen LogP) is 0.656. The van der Waals surface area contributed by atoms with Crippen molar-refractivity contribution in [1.82, 2.24) is 5.32 Å². The first-order chi connectivity index (χ1) is 7.57. The normalized spacial score (nSPS) is 11.1. The minimum atomic E-state index is -3.27. The molecule has 1 rings (SSSR count). The number of hydrogen-bond acceptors (Lipinski definition) is 4. The van der Waals surface area contributed by atoms with Gasteiger partial charge in [0.25, 0.3) is 0 Å². The van der Waals surface area contributed by atoms with Crippen LogP contribution in [0.5, 0.6) is 5.75 Å². The molecule has 16 heavy (non-hydrogen) atoms. The van der Waals surface area contributed by atoms with Crippen LogP contribution < -0.4 is 14.8 Å². The van der Waals surface area contributed by atoms with Crippen molar-refractivity contribution in [1.29, 1.82) is 0 Å². The number of sulfonamides is 1. The Morgan fingerprint density at radius 1 is 1.25 bits per heavy atom. The van der Waals surface area contributed by atoms with Gasteiger partial charge in [-0.2, -0.15) is 0 Å². The van der Waals surface area contributed by atoms with Gasteiger partial charge in [-0.15, -0.1) is 0 Å². The van der Waals surface area contributed by atoms with E-state index in [9.17, 15) is 8.42 Å². The Bertz CT molecular complexity index is 414. The van der Waals surface area contributed by atoms with E-state index in [2.05, 4.69) is 10.0 Å². The molecule has 2 N–H and O–H groups in total. The molecule has 0 bridgehead atoms. The molecule has 0 aliphatic heterocycles. The van der Waals surface area contributed by atoms with Crippen molar-refractivity contribution in [2.24, 2.45) is 0 Å². The lowest BCUT2D eigenvalue weighted by Gasteiger charge is -2.08. The fourth-order valence-corrected chi connectivity index (χ4v) is 2.20. The SMILES string of the molecule is CNCCS(=O)(=O)Nc1ccc(OC)cc1. The van der Waals surface area contributed by atoms with Crippen LogP contribution in [0.1, 0.15) is 0 Å². The van der Waals surface area contributed by atoms with Crippen molar-refractivity contribution in [2.75, 3.05) is 31.2 Å². The van der Waals surface area contributed by atoms with Crippen molar-refractivity contribution in [3.63, 3.8) is 0 Å². The minimum absolute atomic E-state index is 0.0511. The van der Waals surface area contributed by atoms with Crippen LogP contribution in [0.25, 0.3) is 0 Å². The zero-order valence-electron chi connectivity index (χ0n) is 9.36. The molecule has 0 saturated carbocycles. The number of nitrogens with one attached hydrogen (secondary N) is 2. The van der Waals surface area contributed by atoms with E-state index in [1.165, 1.54) is 0 Å². The van der Waals surface area contributed by atoms with E-state index in [0.717, 1.165) is 0 Å². The highest BCUT2D eigenvalue weighted by Gasteiger charge is 2.08. The van der Waals surface area contributed by atoms with Gasteiger partial charge in [0.15, 0.2) is 0 Å². The topological polar surface area (TPSA) is 67.4 Å². The summed E-state index contributed by atoms with van der Waals surface area (Å²) < 4.78 is 30.5. The quantitative estimate of drug-likeness (QED) is 0.771. The van der Waals surface area contributed by atoms with Crippen LogP contribution in [-0.2, 0) is 10.0 Å². The van der Waals surface area contributed by atoms with E-state index >= 15 is 0 Å². The molecule has 0 saturated heterocycles. The van der Waals surface area contributed by atoms with E-state index in [-0.39, 0.29) is 5.75 Å². The number of anilines is 1. The smallest absolute Gasteiger partial charge is 0.233 e. The third kappa shape index (κ3) is 4.08. The summed E-state index contributed by atoms with van der Waals surface area (Å²) in [7, 11) is 0.00314. The lowest BCUT2D eigenvalue weighted by Crippen LogP contribution is -2.24. The monoisotopic (exact) mass is 244 g/mol. The summed E-state index contributed by atoms with van der Waals surface area (Å²) in [4.78, 5) is 0. The van der Waals surface area contributed by atoms with E-state index in [1.807, 2.05) is 0 Å². The zero-order chi connectivity index (χ0) is 12.0. The van der Waals surface area contributed by atoms with Crippen molar-refractivity contribution in [3.8, 4) is 5.75 Å². The van der Waals surface area contributed by atoms with Gasteiger partial charge in [0.05, 0.1) is 12.9 Å². The van der Waals surface area contributed by atoms with Crippen molar-refractivity contribution >= 4 is 15.7 Å². The van der Waals surface area contributed by atoms with Gasteiger partial charge in [0, 0.05) is 12.2 Å². The molecule has 0 atom stereocenters.